The maximum atomic E-state index is 12.9. The number of nitrogens with one attached hydrogen (secondary N) is 1. The lowest BCUT2D eigenvalue weighted by molar-refractivity contribution is -0.120. The van der Waals surface area contributed by atoms with Crippen LogP contribution in [0.4, 0.5) is 5.69 Å². The molecule has 0 radical (unpaired) electrons. The van der Waals surface area contributed by atoms with Crippen molar-refractivity contribution in [2.24, 2.45) is 0 Å². The van der Waals surface area contributed by atoms with Gasteiger partial charge in [0.2, 0.25) is 15.9 Å². The van der Waals surface area contributed by atoms with Crippen molar-refractivity contribution >= 4 is 33.0 Å². The molecule has 0 fully saturated rings. The highest BCUT2D eigenvalue weighted by Gasteiger charge is 2.25. The van der Waals surface area contributed by atoms with Gasteiger partial charge in [0.05, 0.1) is 10.9 Å². The molecule has 1 aromatic carbocycles. The monoisotopic (exact) mass is 423 g/mol. The van der Waals surface area contributed by atoms with Crippen LogP contribution in [0.5, 0.6) is 0 Å². The van der Waals surface area contributed by atoms with Gasteiger partial charge in [0, 0.05) is 30.2 Å². The zero-order valence-electron chi connectivity index (χ0n) is 17.1. The van der Waals surface area contributed by atoms with Crippen molar-refractivity contribution in [2.45, 2.75) is 45.2 Å². The Kier molecular flexibility index (Phi) is 7.77. The molecule has 154 valence electrons. The minimum Gasteiger partial charge on any atom is -0.325 e. The molecule has 1 amide bonds. The Morgan fingerprint density at radius 2 is 1.89 bits per heavy atom. The fourth-order valence-electron chi connectivity index (χ4n) is 2.89. The number of amides is 1. The summed E-state index contributed by atoms with van der Waals surface area (Å²) < 4.78 is 27.2. The zero-order chi connectivity index (χ0) is 20.9. The van der Waals surface area contributed by atoms with Crippen LogP contribution < -0.4 is 5.32 Å². The summed E-state index contributed by atoms with van der Waals surface area (Å²) in [6, 6.07) is 8.68. The Morgan fingerprint density at radius 3 is 2.46 bits per heavy atom. The molecule has 0 unspecified atom stereocenters. The van der Waals surface area contributed by atoms with E-state index < -0.39 is 10.0 Å². The van der Waals surface area contributed by atoms with Gasteiger partial charge in [-0.05, 0) is 50.0 Å². The van der Waals surface area contributed by atoms with E-state index in [1.165, 1.54) is 9.18 Å². The van der Waals surface area contributed by atoms with Gasteiger partial charge in [-0.1, -0.05) is 26.0 Å². The first kappa shape index (κ1) is 22.5. The van der Waals surface area contributed by atoms with Crippen LogP contribution in [0.3, 0.4) is 0 Å². The number of anilines is 1. The molecular formula is C20H29N3O3S2. The average Bonchev–Trinajstić information content (AvgIpc) is 3.16. The van der Waals surface area contributed by atoms with Crippen LogP contribution in [0.15, 0.2) is 40.6 Å². The van der Waals surface area contributed by atoms with Gasteiger partial charge in [0.25, 0.3) is 0 Å². The maximum absolute atomic E-state index is 12.9. The predicted molar refractivity (Wildman–Crippen MR) is 115 cm³/mol. The molecule has 0 saturated heterocycles. The zero-order valence-corrected chi connectivity index (χ0v) is 18.7. The molecule has 2 rings (SSSR count). The van der Waals surface area contributed by atoms with Crippen molar-refractivity contribution in [3.8, 4) is 0 Å². The quantitative estimate of drug-likeness (QED) is 0.670. The minimum absolute atomic E-state index is 0.172. The lowest BCUT2D eigenvalue weighted by Crippen LogP contribution is -2.39. The second kappa shape index (κ2) is 9.65. The summed E-state index contributed by atoms with van der Waals surface area (Å²) in [4.78, 5) is 16.0. The highest BCUT2D eigenvalue weighted by molar-refractivity contribution is 7.89. The fraction of sp³-hybridized carbons (Fsp3) is 0.450. The molecule has 2 aromatic rings. The Balaban J connectivity index is 2.17. The number of carbonyl (C=O) groups is 1. The van der Waals surface area contributed by atoms with E-state index in [2.05, 4.69) is 5.32 Å². The van der Waals surface area contributed by atoms with Crippen LogP contribution in [0.1, 0.15) is 31.2 Å². The third-order valence-electron chi connectivity index (χ3n) is 4.80. The molecule has 0 aliphatic rings. The number of rotatable bonds is 9. The number of nitrogens with zero attached hydrogens (tertiary/aromatic N) is 2. The van der Waals surface area contributed by atoms with E-state index in [-0.39, 0.29) is 16.8 Å². The molecule has 28 heavy (non-hydrogen) atoms. The van der Waals surface area contributed by atoms with Gasteiger partial charge >= 0.3 is 0 Å². The number of benzene rings is 1. The van der Waals surface area contributed by atoms with E-state index in [1.54, 1.807) is 36.5 Å². The van der Waals surface area contributed by atoms with Gasteiger partial charge in [-0.25, -0.2) is 8.42 Å². The Morgan fingerprint density at radius 1 is 1.21 bits per heavy atom. The van der Waals surface area contributed by atoms with Crippen LogP contribution >= 0.6 is 11.3 Å². The Bertz CT molecular complexity index is 891. The van der Waals surface area contributed by atoms with Crippen molar-refractivity contribution in [3.63, 3.8) is 0 Å². The Labute approximate surface area is 172 Å². The van der Waals surface area contributed by atoms with E-state index in [0.717, 1.165) is 0 Å². The standard InChI is InChI=1S/C20H29N3O3S2/c1-6-23(7-2)28(25,26)19-13-17(11-10-15(19)3)21-20(24)16(4)22(5)14-18-9-8-12-27-18/h8-13,16H,6-7,14H2,1-5H3,(H,21,24)/t16-/m0/s1. The molecular weight excluding hydrogens is 394 g/mol. The van der Waals surface area contributed by atoms with Gasteiger partial charge in [-0.2, -0.15) is 4.31 Å². The van der Waals surface area contributed by atoms with E-state index >= 15 is 0 Å². The highest BCUT2D eigenvalue weighted by atomic mass is 32.2. The van der Waals surface area contributed by atoms with E-state index in [0.29, 0.717) is 30.9 Å². The van der Waals surface area contributed by atoms with Crippen LogP contribution in [0.2, 0.25) is 0 Å². The maximum Gasteiger partial charge on any atom is 0.243 e. The third kappa shape index (κ3) is 5.20. The first-order valence-corrected chi connectivity index (χ1v) is 11.7. The van der Waals surface area contributed by atoms with Gasteiger partial charge in [0.15, 0.2) is 0 Å². The molecule has 1 atom stereocenters. The number of hydrogen-bond acceptors (Lipinski definition) is 5. The van der Waals surface area contributed by atoms with Gasteiger partial charge in [-0.3, -0.25) is 9.69 Å². The van der Waals surface area contributed by atoms with Crippen molar-refractivity contribution in [2.75, 3.05) is 25.5 Å². The molecule has 0 aliphatic heterocycles. The second-order valence-electron chi connectivity index (χ2n) is 6.73. The molecule has 1 aromatic heterocycles. The first-order valence-electron chi connectivity index (χ1n) is 9.35. The molecule has 8 heteroatoms. The third-order valence-corrected chi connectivity index (χ3v) is 7.86. The summed E-state index contributed by atoms with van der Waals surface area (Å²) >= 11 is 1.65. The van der Waals surface area contributed by atoms with Crippen LogP contribution in [-0.2, 0) is 21.4 Å². The van der Waals surface area contributed by atoms with Crippen LogP contribution in [0.25, 0.3) is 0 Å². The number of aryl methyl sites for hydroxylation is 1. The van der Waals surface area contributed by atoms with E-state index in [9.17, 15) is 13.2 Å². The average molecular weight is 424 g/mol. The smallest absolute Gasteiger partial charge is 0.243 e. The molecule has 0 spiro atoms. The first-order chi connectivity index (χ1) is 13.2. The van der Waals surface area contributed by atoms with Crippen molar-refractivity contribution in [1.82, 2.24) is 9.21 Å². The molecule has 0 saturated carbocycles. The molecule has 6 nitrogen and oxygen atoms in total. The number of carbonyl (C=O) groups excluding carboxylic acids is 1. The molecule has 1 N–H and O–H groups in total. The van der Waals surface area contributed by atoms with Gasteiger partial charge in [-0.15, -0.1) is 11.3 Å². The topological polar surface area (TPSA) is 69.7 Å². The van der Waals surface area contributed by atoms with Crippen LogP contribution in [-0.4, -0.2) is 49.7 Å². The lowest BCUT2D eigenvalue weighted by Gasteiger charge is -2.24. The summed E-state index contributed by atoms with van der Waals surface area (Å²) in [5.41, 5.74) is 1.14. The van der Waals surface area contributed by atoms with E-state index in [1.807, 2.05) is 50.2 Å². The number of likely N-dealkylation sites (N-methyl/N-ethyl adjacent to an activating group) is 1. The molecule has 0 bridgehead atoms. The number of sulfonamides is 1. The lowest BCUT2D eigenvalue weighted by atomic mass is 10.2. The summed E-state index contributed by atoms with van der Waals surface area (Å²) in [5.74, 6) is -0.172. The Hall–Kier alpha value is -1.74. The number of hydrogen-bond donors (Lipinski definition) is 1. The second-order valence-corrected chi connectivity index (χ2v) is 9.67. The van der Waals surface area contributed by atoms with Crippen molar-refractivity contribution in [1.29, 1.82) is 0 Å². The van der Waals surface area contributed by atoms with Crippen molar-refractivity contribution < 1.29 is 13.2 Å². The van der Waals surface area contributed by atoms with Gasteiger partial charge < -0.3 is 5.32 Å². The molecule has 1 heterocycles. The van der Waals surface area contributed by atoms with E-state index in [4.69, 9.17) is 0 Å². The minimum atomic E-state index is -3.59. The normalized spacial score (nSPS) is 13.1. The number of thiophene rings is 1. The summed E-state index contributed by atoms with van der Waals surface area (Å²) in [7, 11) is -1.69. The summed E-state index contributed by atoms with van der Waals surface area (Å²) in [6.45, 7) is 8.71. The fourth-order valence-corrected chi connectivity index (χ4v) is 5.37. The largest absolute Gasteiger partial charge is 0.325 e. The van der Waals surface area contributed by atoms with Crippen LogP contribution in [0, 0.1) is 6.92 Å². The van der Waals surface area contributed by atoms with Crippen molar-refractivity contribution in [3.05, 3.63) is 46.2 Å². The summed E-state index contributed by atoms with van der Waals surface area (Å²) in [6.07, 6.45) is 0. The van der Waals surface area contributed by atoms with Gasteiger partial charge in [0.1, 0.15) is 0 Å². The predicted octanol–water partition coefficient (Wildman–Crippen LogP) is 3.55. The molecule has 0 aliphatic carbocycles. The summed E-state index contributed by atoms with van der Waals surface area (Å²) in [5, 5.41) is 4.87. The SMILES string of the molecule is CCN(CC)S(=O)(=O)c1cc(NC(=O)[C@H](C)N(C)Cc2cccs2)ccc1C. The highest BCUT2D eigenvalue weighted by Crippen LogP contribution is 2.24.